The Morgan fingerprint density at radius 3 is 2.68 bits per heavy atom. The molecule has 0 aliphatic heterocycles. The molecule has 1 aromatic carbocycles. The van der Waals surface area contributed by atoms with Crippen molar-refractivity contribution in [1.82, 2.24) is 29.6 Å². The van der Waals surface area contributed by atoms with Crippen LogP contribution < -0.4 is 10.9 Å². The highest BCUT2D eigenvalue weighted by atomic mass is 35.5. The van der Waals surface area contributed by atoms with Crippen LogP contribution in [0.3, 0.4) is 0 Å². The Hall–Kier alpha value is -3.17. The smallest absolute Gasteiger partial charge is 0.264 e. The van der Waals surface area contributed by atoms with Crippen LogP contribution in [0.15, 0.2) is 71.0 Å². The second kappa shape index (κ2) is 9.76. The van der Waals surface area contributed by atoms with Crippen molar-refractivity contribution < 1.29 is 4.79 Å². The quantitative estimate of drug-likeness (QED) is 0.411. The van der Waals surface area contributed by atoms with Gasteiger partial charge in [-0.15, -0.1) is 11.8 Å². The second-order valence-corrected chi connectivity index (χ2v) is 8.22. The predicted octanol–water partition coefficient (Wildman–Crippen LogP) is 2.60. The number of aromatic nitrogens is 5. The zero-order chi connectivity index (χ0) is 21.6. The largest absolute Gasteiger partial charge is 0.354 e. The first-order valence-corrected chi connectivity index (χ1v) is 10.9. The fraction of sp³-hybridized carbons (Fsp3) is 0.190. The van der Waals surface area contributed by atoms with Crippen LogP contribution in [0.2, 0.25) is 5.02 Å². The molecule has 4 aromatic rings. The van der Waals surface area contributed by atoms with Crippen LogP contribution in [-0.4, -0.2) is 42.5 Å². The summed E-state index contributed by atoms with van der Waals surface area (Å²) in [6, 6.07) is 11.0. The number of rotatable bonds is 8. The molecule has 3 heterocycles. The first-order chi connectivity index (χ1) is 15.1. The molecule has 0 spiro atoms. The molecule has 0 unspecified atom stereocenters. The topological polar surface area (TPSA) is 94.7 Å². The van der Waals surface area contributed by atoms with Gasteiger partial charge in [0.1, 0.15) is 11.7 Å². The summed E-state index contributed by atoms with van der Waals surface area (Å²) in [7, 11) is 0. The van der Waals surface area contributed by atoms with Crippen LogP contribution in [0.5, 0.6) is 0 Å². The Kier molecular flexibility index (Phi) is 6.63. The summed E-state index contributed by atoms with van der Waals surface area (Å²) in [5, 5.41) is 8.22. The van der Waals surface area contributed by atoms with E-state index in [0.717, 1.165) is 10.5 Å². The summed E-state index contributed by atoms with van der Waals surface area (Å²) in [4.78, 5) is 34.2. The zero-order valence-corrected chi connectivity index (χ0v) is 18.0. The van der Waals surface area contributed by atoms with E-state index in [-0.39, 0.29) is 11.5 Å². The van der Waals surface area contributed by atoms with Gasteiger partial charge >= 0.3 is 0 Å². The van der Waals surface area contributed by atoms with E-state index in [1.165, 1.54) is 28.9 Å². The average molecular weight is 455 g/mol. The molecule has 10 heteroatoms. The summed E-state index contributed by atoms with van der Waals surface area (Å²) in [6.07, 6.45) is 6.42. The lowest BCUT2D eigenvalue weighted by Gasteiger charge is -2.08. The highest BCUT2D eigenvalue weighted by Crippen LogP contribution is 2.15. The molecule has 0 atom stereocenters. The van der Waals surface area contributed by atoms with E-state index in [2.05, 4.69) is 20.4 Å². The molecular weight excluding hydrogens is 436 g/mol. The summed E-state index contributed by atoms with van der Waals surface area (Å²) in [5.74, 6) is 0.244. The van der Waals surface area contributed by atoms with Crippen LogP contribution in [0, 0.1) is 0 Å². The van der Waals surface area contributed by atoms with Crippen LogP contribution in [0.1, 0.15) is 5.56 Å². The molecule has 0 aliphatic carbocycles. The SMILES string of the molecule is O=C(CSc1ccncc1)NCCn1ncc2c(=O)n(Cc3ccc(Cl)cc3)cnc21. The van der Waals surface area contributed by atoms with Crippen molar-refractivity contribution in [2.75, 3.05) is 12.3 Å². The number of thioether (sulfide) groups is 1. The zero-order valence-electron chi connectivity index (χ0n) is 16.4. The molecule has 0 saturated carbocycles. The van der Waals surface area contributed by atoms with Crippen molar-refractivity contribution in [2.45, 2.75) is 18.0 Å². The Bertz CT molecular complexity index is 1240. The number of fused-ring (bicyclic) bond motifs is 1. The first-order valence-electron chi connectivity index (χ1n) is 9.55. The molecule has 31 heavy (non-hydrogen) atoms. The summed E-state index contributed by atoms with van der Waals surface area (Å²) in [6.45, 7) is 1.21. The van der Waals surface area contributed by atoms with E-state index >= 15 is 0 Å². The Balaban J connectivity index is 1.35. The third kappa shape index (κ3) is 5.31. The molecule has 0 bridgehead atoms. The van der Waals surface area contributed by atoms with E-state index in [1.807, 2.05) is 24.3 Å². The van der Waals surface area contributed by atoms with Crippen LogP contribution >= 0.6 is 23.4 Å². The van der Waals surface area contributed by atoms with Crippen molar-refractivity contribution >= 4 is 40.3 Å². The molecule has 4 rings (SSSR count). The van der Waals surface area contributed by atoms with Gasteiger partial charge in [-0.1, -0.05) is 23.7 Å². The van der Waals surface area contributed by atoms with Gasteiger partial charge in [0.15, 0.2) is 5.65 Å². The van der Waals surface area contributed by atoms with Crippen molar-refractivity contribution in [3.8, 4) is 0 Å². The minimum Gasteiger partial charge on any atom is -0.354 e. The average Bonchev–Trinajstić information content (AvgIpc) is 3.20. The van der Waals surface area contributed by atoms with E-state index in [1.54, 1.807) is 29.2 Å². The van der Waals surface area contributed by atoms with Crippen molar-refractivity contribution in [2.24, 2.45) is 0 Å². The molecule has 0 aliphatic rings. The molecule has 0 radical (unpaired) electrons. The maximum absolute atomic E-state index is 12.8. The van der Waals surface area contributed by atoms with E-state index in [4.69, 9.17) is 11.6 Å². The van der Waals surface area contributed by atoms with Gasteiger partial charge in [-0.3, -0.25) is 19.1 Å². The first kappa shape index (κ1) is 21.1. The Morgan fingerprint density at radius 2 is 1.90 bits per heavy atom. The van der Waals surface area contributed by atoms with Crippen LogP contribution in [0.25, 0.3) is 11.0 Å². The Morgan fingerprint density at radius 1 is 1.13 bits per heavy atom. The fourth-order valence-corrected chi connectivity index (χ4v) is 3.84. The van der Waals surface area contributed by atoms with E-state index < -0.39 is 0 Å². The number of nitrogens with one attached hydrogen (secondary N) is 1. The lowest BCUT2D eigenvalue weighted by molar-refractivity contribution is -0.118. The molecule has 8 nitrogen and oxygen atoms in total. The third-order valence-electron chi connectivity index (χ3n) is 4.55. The number of amides is 1. The van der Waals surface area contributed by atoms with Gasteiger partial charge in [-0.25, -0.2) is 9.67 Å². The monoisotopic (exact) mass is 454 g/mol. The lowest BCUT2D eigenvalue weighted by Crippen LogP contribution is -2.29. The van der Waals surface area contributed by atoms with Crippen molar-refractivity contribution in [3.05, 3.63) is 82.3 Å². The molecule has 1 N–H and O–H groups in total. The number of benzene rings is 1. The minimum atomic E-state index is -0.163. The maximum Gasteiger partial charge on any atom is 0.264 e. The van der Waals surface area contributed by atoms with E-state index in [9.17, 15) is 9.59 Å². The minimum absolute atomic E-state index is 0.0726. The van der Waals surface area contributed by atoms with Gasteiger partial charge in [0, 0.05) is 28.9 Å². The number of hydrogen-bond acceptors (Lipinski definition) is 6. The van der Waals surface area contributed by atoms with Gasteiger partial charge in [0.2, 0.25) is 5.91 Å². The molecule has 3 aromatic heterocycles. The highest BCUT2D eigenvalue weighted by molar-refractivity contribution is 8.00. The van der Waals surface area contributed by atoms with Gasteiger partial charge < -0.3 is 5.32 Å². The molecular formula is C21H19ClN6O2S. The van der Waals surface area contributed by atoms with E-state index in [0.29, 0.717) is 41.4 Å². The van der Waals surface area contributed by atoms with Gasteiger partial charge in [0.25, 0.3) is 5.56 Å². The number of halogens is 1. The standard InChI is InChI=1S/C21H19ClN6O2S/c22-16-3-1-15(2-4-16)12-27-14-25-20-18(21(27)30)11-26-28(20)10-9-24-19(29)13-31-17-5-7-23-8-6-17/h1-8,11,14H,9-10,12-13H2,(H,24,29). The second-order valence-electron chi connectivity index (χ2n) is 6.73. The molecule has 158 valence electrons. The summed E-state index contributed by atoms with van der Waals surface area (Å²) >= 11 is 7.36. The predicted molar refractivity (Wildman–Crippen MR) is 120 cm³/mol. The normalized spacial score (nSPS) is 11.0. The van der Waals surface area contributed by atoms with Crippen LogP contribution in [0.4, 0.5) is 0 Å². The maximum atomic E-state index is 12.8. The summed E-state index contributed by atoms with van der Waals surface area (Å²) in [5.41, 5.74) is 1.29. The number of pyridine rings is 1. The third-order valence-corrected chi connectivity index (χ3v) is 5.82. The Labute approximate surface area is 187 Å². The molecule has 0 saturated heterocycles. The lowest BCUT2D eigenvalue weighted by atomic mass is 10.2. The van der Waals surface area contributed by atoms with Gasteiger partial charge in [-0.2, -0.15) is 5.10 Å². The molecule has 1 amide bonds. The fourth-order valence-electron chi connectivity index (χ4n) is 3.00. The van der Waals surface area contributed by atoms with Crippen molar-refractivity contribution in [1.29, 1.82) is 0 Å². The number of nitrogens with zero attached hydrogens (tertiary/aromatic N) is 5. The summed E-state index contributed by atoms with van der Waals surface area (Å²) < 4.78 is 3.16. The number of carbonyl (C=O) groups is 1. The number of hydrogen-bond donors (Lipinski definition) is 1. The van der Waals surface area contributed by atoms with Crippen molar-refractivity contribution in [3.63, 3.8) is 0 Å². The number of carbonyl (C=O) groups excluding carboxylic acids is 1. The van der Waals surface area contributed by atoms with Crippen LogP contribution in [-0.2, 0) is 17.9 Å². The van der Waals surface area contributed by atoms with Gasteiger partial charge in [-0.05, 0) is 29.8 Å². The highest BCUT2D eigenvalue weighted by Gasteiger charge is 2.11. The molecule has 0 fully saturated rings. The van der Waals surface area contributed by atoms with Gasteiger partial charge in [0.05, 0.1) is 25.0 Å².